The molecule has 2 aliphatic heterocycles. The van der Waals surface area contributed by atoms with Gasteiger partial charge in [0.15, 0.2) is 0 Å². The molecule has 27 heavy (non-hydrogen) atoms. The smallest absolute Gasteiger partial charge is 0.211 e. The summed E-state index contributed by atoms with van der Waals surface area (Å²) in [5, 5.41) is 6.33. The van der Waals surface area contributed by atoms with Crippen LogP contribution in [-0.2, 0) is 22.0 Å². The molecule has 2 aliphatic rings. The second kappa shape index (κ2) is 5.80. The SMILES string of the molecule is CS(=O)(=O)N1CCC2(CC1)CCn1nc(-c3cnc4[nH]cc(Cl)c4c3)cc12. The summed E-state index contributed by atoms with van der Waals surface area (Å²) in [6.07, 6.45) is 7.54. The Hall–Kier alpha value is -1.90. The first kappa shape index (κ1) is 17.2. The minimum Gasteiger partial charge on any atom is -0.345 e. The van der Waals surface area contributed by atoms with Crippen molar-refractivity contribution < 1.29 is 8.42 Å². The Labute approximate surface area is 162 Å². The predicted octanol–water partition coefficient (Wildman–Crippen LogP) is 2.78. The molecule has 5 heterocycles. The number of H-pyrrole nitrogens is 1. The van der Waals surface area contributed by atoms with Gasteiger partial charge in [0.25, 0.3) is 0 Å². The maximum absolute atomic E-state index is 11.8. The molecule has 0 amide bonds. The van der Waals surface area contributed by atoms with Crippen molar-refractivity contribution in [1.29, 1.82) is 0 Å². The highest BCUT2D eigenvalue weighted by Crippen LogP contribution is 2.44. The summed E-state index contributed by atoms with van der Waals surface area (Å²) in [6, 6.07) is 4.16. The van der Waals surface area contributed by atoms with Crippen LogP contribution in [0.15, 0.2) is 24.5 Å². The molecule has 0 aromatic carbocycles. The zero-order chi connectivity index (χ0) is 18.8. The van der Waals surface area contributed by atoms with Crippen molar-refractivity contribution in [2.75, 3.05) is 19.3 Å². The Morgan fingerprint density at radius 3 is 2.67 bits per heavy atom. The topological polar surface area (TPSA) is 83.9 Å². The summed E-state index contributed by atoms with van der Waals surface area (Å²) in [7, 11) is -3.12. The van der Waals surface area contributed by atoms with Crippen molar-refractivity contribution in [2.45, 2.75) is 31.2 Å². The minimum absolute atomic E-state index is 0.0235. The standard InChI is InChI=1S/C18H20ClN5O2S/c1-27(25,26)23-5-2-18(3-6-23)4-7-24-16(18)9-15(22-24)12-8-13-14(19)11-21-17(13)20-10-12/h8-11H,2-7H2,1H3,(H,20,21). The molecule has 1 saturated heterocycles. The molecule has 142 valence electrons. The molecule has 0 bridgehead atoms. The van der Waals surface area contributed by atoms with E-state index in [1.165, 1.54) is 11.9 Å². The van der Waals surface area contributed by atoms with Gasteiger partial charge in [-0.15, -0.1) is 0 Å². The summed E-state index contributed by atoms with van der Waals surface area (Å²) >= 11 is 6.22. The Bertz CT molecular complexity index is 1140. The predicted molar refractivity (Wildman–Crippen MR) is 104 cm³/mol. The number of rotatable bonds is 2. The van der Waals surface area contributed by atoms with E-state index in [2.05, 4.69) is 20.7 Å². The lowest BCUT2D eigenvalue weighted by Gasteiger charge is -2.37. The molecule has 0 saturated carbocycles. The van der Waals surface area contributed by atoms with Crippen LogP contribution in [0.5, 0.6) is 0 Å². The molecule has 1 fully saturated rings. The number of pyridine rings is 1. The van der Waals surface area contributed by atoms with Gasteiger partial charge in [-0.3, -0.25) is 4.68 Å². The van der Waals surface area contributed by atoms with Crippen molar-refractivity contribution in [3.63, 3.8) is 0 Å². The molecule has 9 heteroatoms. The highest BCUT2D eigenvalue weighted by atomic mass is 35.5. The quantitative estimate of drug-likeness (QED) is 0.710. The fourth-order valence-corrected chi connectivity index (χ4v) is 5.51. The van der Waals surface area contributed by atoms with Gasteiger partial charge < -0.3 is 4.98 Å². The maximum atomic E-state index is 11.8. The lowest BCUT2D eigenvalue weighted by atomic mass is 9.75. The van der Waals surface area contributed by atoms with Crippen molar-refractivity contribution in [1.82, 2.24) is 24.1 Å². The average Bonchev–Trinajstić information content (AvgIpc) is 3.31. The van der Waals surface area contributed by atoms with Crippen LogP contribution in [0.4, 0.5) is 0 Å². The average molecular weight is 406 g/mol. The summed E-state index contributed by atoms with van der Waals surface area (Å²) in [6.45, 7) is 2.02. The van der Waals surface area contributed by atoms with Crippen LogP contribution < -0.4 is 0 Å². The molecular formula is C18H20ClN5O2S. The minimum atomic E-state index is -3.12. The van der Waals surface area contributed by atoms with E-state index >= 15 is 0 Å². The molecule has 3 aromatic rings. The molecule has 0 unspecified atom stereocenters. The number of hydrogen-bond donors (Lipinski definition) is 1. The van der Waals surface area contributed by atoms with Crippen LogP contribution in [-0.4, -0.2) is 51.8 Å². The number of nitrogens with one attached hydrogen (secondary N) is 1. The zero-order valence-electron chi connectivity index (χ0n) is 14.9. The summed E-state index contributed by atoms with van der Waals surface area (Å²) in [5.74, 6) is 0. The van der Waals surface area contributed by atoms with E-state index < -0.39 is 10.0 Å². The van der Waals surface area contributed by atoms with Gasteiger partial charge in [-0.25, -0.2) is 17.7 Å². The number of halogens is 1. The van der Waals surface area contributed by atoms with Crippen LogP contribution in [0.1, 0.15) is 25.0 Å². The lowest BCUT2D eigenvalue weighted by Crippen LogP contribution is -2.43. The van der Waals surface area contributed by atoms with E-state index in [1.54, 1.807) is 10.5 Å². The number of piperidine rings is 1. The third-order valence-electron chi connectivity index (χ3n) is 6.05. The third kappa shape index (κ3) is 2.69. The number of hydrogen-bond acceptors (Lipinski definition) is 4. The maximum Gasteiger partial charge on any atom is 0.211 e. The Morgan fingerprint density at radius 2 is 1.93 bits per heavy atom. The van der Waals surface area contributed by atoms with Crippen LogP contribution in [0.2, 0.25) is 5.02 Å². The monoisotopic (exact) mass is 405 g/mol. The fourth-order valence-electron chi connectivity index (χ4n) is 4.47. The van der Waals surface area contributed by atoms with E-state index in [4.69, 9.17) is 16.7 Å². The molecule has 3 aromatic heterocycles. The van der Waals surface area contributed by atoms with Gasteiger partial charge in [0.05, 0.1) is 17.0 Å². The lowest BCUT2D eigenvalue weighted by molar-refractivity contribution is 0.233. The number of aromatic amines is 1. The van der Waals surface area contributed by atoms with Crippen LogP contribution in [0.25, 0.3) is 22.3 Å². The van der Waals surface area contributed by atoms with Crippen molar-refractivity contribution in [2.24, 2.45) is 0 Å². The number of fused-ring (bicyclic) bond motifs is 3. The van der Waals surface area contributed by atoms with E-state index in [-0.39, 0.29) is 5.41 Å². The normalized spacial score (nSPS) is 19.8. The second-order valence-corrected chi connectivity index (χ2v) is 9.98. The van der Waals surface area contributed by atoms with Crippen LogP contribution in [0, 0.1) is 0 Å². The van der Waals surface area contributed by atoms with E-state index in [9.17, 15) is 8.42 Å². The Kier molecular flexibility index (Phi) is 3.70. The van der Waals surface area contributed by atoms with Gasteiger partial charge in [-0.2, -0.15) is 5.10 Å². The number of aromatic nitrogens is 4. The molecule has 0 radical (unpaired) electrons. The zero-order valence-corrected chi connectivity index (χ0v) is 16.5. The van der Waals surface area contributed by atoms with Crippen LogP contribution in [0.3, 0.4) is 0 Å². The van der Waals surface area contributed by atoms with Gasteiger partial charge in [0.1, 0.15) is 5.65 Å². The van der Waals surface area contributed by atoms with E-state index in [1.807, 2.05) is 12.3 Å². The molecular weight excluding hydrogens is 386 g/mol. The van der Waals surface area contributed by atoms with Gasteiger partial charge in [-0.05, 0) is 31.4 Å². The summed E-state index contributed by atoms with van der Waals surface area (Å²) < 4.78 is 27.3. The molecule has 1 spiro atoms. The highest BCUT2D eigenvalue weighted by molar-refractivity contribution is 7.88. The molecule has 7 nitrogen and oxygen atoms in total. The first-order chi connectivity index (χ1) is 12.9. The van der Waals surface area contributed by atoms with Crippen molar-refractivity contribution in [3.8, 4) is 11.3 Å². The number of sulfonamides is 1. The van der Waals surface area contributed by atoms with Gasteiger partial charge >= 0.3 is 0 Å². The van der Waals surface area contributed by atoms with E-state index in [0.717, 1.165) is 48.1 Å². The third-order valence-corrected chi connectivity index (χ3v) is 7.67. The molecule has 5 rings (SSSR count). The summed E-state index contributed by atoms with van der Waals surface area (Å²) in [5.41, 5.74) is 3.83. The van der Waals surface area contributed by atoms with Crippen molar-refractivity contribution >= 4 is 32.7 Å². The Morgan fingerprint density at radius 1 is 1.19 bits per heavy atom. The molecule has 0 aliphatic carbocycles. The first-order valence-electron chi connectivity index (χ1n) is 9.02. The second-order valence-electron chi connectivity index (χ2n) is 7.59. The first-order valence-corrected chi connectivity index (χ1v) is 11.2. The van der Waals surface area contributed by atoms with Gasteiger partial charge in [-0.1, -0.05) is 11.6 Å². The molecule has 0 atom stereocenters. The van der Waals surface area contributed by atoms with E-state index in [0.29, 0.717) is 18.1 Å². The number of aryl methyl sites for hydroxylation is 1. The fraction of sp³-hybridized carbons (Fsp3) is 0.444. The summed E-state index contributed by atoms with van der Waals surface area (Å²) in [4.78, 5) is 7.49. The van der Waals surface area contributed by atoms with Gasteiger partial charge in [0.2, 0.25) is 10.0 Å². The van der Waals surface area contributed by atoms with Crippen LogP contribution >= 0.6 is 11.6 Å². The Balaban J connectivity index is 1.48. The largest absolute Gasteiger partial charge is 0.345 e. The molecule has 1 N–H and O–H groups in total. The number of nitrogens with zero attached hydrogens (tertiary/aromatic N) is 4. The van der Waals surface area contributed by atoms with Gasteiger partial charge in [0, 0.05) is 54.1 Å². The van der Waals surface area contributed by atoms with Crippen molar-refractivity contribution in [3.05, 3.63) is 35.2 Å². The highest BCUT2D eigenvalue weighted by Gasteiger charge is 2.44.